The third kappa shape index (κ3) is 5.44. The molecule has 0 bridgehead atoms. The van der Waals surface area contributed by atoms with Gasteiger partial charge >= 0.3 is 0 Å². The van der Waals surface area contributed by atoms with E-state index < -0.39 is 0 Å². The molecule has 0 nitrogen and oxygen atoms in total. The number of rotatable bonds is 2. The van der Waals surface area contributed by atoms with E-state index in [1.165, 1.54) is 18.4 Å². The molecule has 0 aromatic rings. The van der Waals surface area contributed by atoms with Crippen LogP contribution in [0, 0.1) is 6.42 Å². The topological polar surface area (TPSA) is 0 Å². The number of allylic oxidation sites excluding steroid dienone is 3. The van der Waals surface area contributed by atoms with E-state index in [9.17, 15) is 0 Å². The Kier molecular flexibility index (Phi) is 10.3. The second-order valence-electron chi connectivity index (χ2n) is 2.16. The molecule has 0 aromatic heterocycles. The fourth-order valence-corrected chi connectivity index (χ4v) is 0.877. The van der Waals surface area contributed by atoms with Crippen molar-refractivity contribution in [1.29, 1.82) is 0 Å². The maximum absolute atomic E-state index is 2.99. The van der Waals surface area contributed by atoms with Gasteiger partial charge in [0.2, 0.25) is 0 Å². The van der Waals surface area contributed by atoms with E-state index in [1.54, 1.807) is 0 Å². The van der Waals surface area contributed by atoms with E-state index in [2.05, 4.69) is 25.2 Å². The second-order valence-corrected chi connectivity index (χ2v) is 2.16. The summed E-state index contributed by atoms with van der Waals surface area (Å²) in [5, 5.41) is 0. The first kappa shape index (κ1) is 13.7. The zero-order valence-corrected chi connectivity index (χ0v) is 10.5. The molecular weight excluding hydrogens is 209 g/mol. The van der Waals surface area contributed by atoms with Crippen LogP contribution in [0.5, 0.6) is 0 Å². The fourth-order valence-electron chi connectivity index (χ4n) is 0.877. The van der Waals surface area contributed by atoms with E-state index in [0.717, 1.165) is 0 Å². The molecule has 2 heteroatoms. The fraction of sp³-hybridized carbons (Fsp3) is 0.333. The minimum absolute atomic E-state index is 0. The van der Waals surface area contributed by atoms with Crippen LogP contribution in [-0.2, 0) is 19.5 Å². The Hall–Kier alpha value is 0.173. The van der Waals surface area contributed by atoms with E-state index in [-0.39, 0.29) is 31.9 Å². The molecule has 0 amide bonds. The quantitative estimate of drug-likeness (QED) is 0.440. The Morgan fingerprint density at radius 3 is 2.55 bits per heavy atom. The molecule has 11 heavy (non-hydrogen) atoms. The van der Waals surface area contributed by atoms with Gasteiger partial charge in [0.15, 0.2) is 0 Å². The molecule has 0 atom stereocenters. The maximum atomic E-state index is 2.99. The first-order chi connectivity index (χ1) is 4.43. The summed E-state index contributed by atoms with van der Waals surface area (Å²) in [6.07, 6.45) is 10.6. The van der Waals surface area contributed by atoms with Gasteiger partial charge in [-0.2, -0.15) is 0 Å². The van der Waals surface area contributed by atoms with Gasteiger partial charge in [0.25, 0.3) is 0 Å². The van der Waals surface area contributed by atoms with Crippen LogP contribution < -0.4 is 12.4 Å². The summed E-state index contributed by atoms with van der Waals surface area (Å²) >= 11 is 0. The summed E-state index contributed by atoms with van der Waals surface area (Å²) in [5.74, 6) is 0. The molecule has 1 aliphatic carbocycles. The summed E-state index contributed by atoms with van der Waals surface area (Å²) in [5.41, 5.74) is 4.40. The molecule has 57 valence electrons. The van der Waals surface area contributed by atoms with Crippen molar-refractivity contribution in [2.24, 2.45) is 0 Å². The van der Waals surface area contributed by atoms with Crippen LogP contribution in [0.3, 0.4) is 0 Å². The van der Waals surface area contributed by atoms with Gasteiger partial charge in [-0.25, -0.2) is 0 Å². The summed E-state index contributed by atoms with van der Waals surface area (Å²) < 4.78 is 0. The van der Waals surface area contributed by atoms with Crippen LogP contribution in [0.2, 0.25) is 0 Å². The first-order valence-corrected chi connectivity index (χ1v) is 3.38. The molecule has 0 N–H and O–H groups in total. The minimum atomic E-state index is 0. The van der Waals surface area contributed by atoms with Gasteiger partial charge in [0, 0.05) is 25.9 Å². The predicted molar refractivity (Wildman–Crippen MR) is 39.9 cm³/mol. The van der Waals surface area contributed by atoms with Gasteiger partial charge in [-0.1, -0.05) is 25.0 Å². The van der Waals surface area contributed by atoms with E-state index in [0.29, 0.717) is 0 Å². The van der Waals surface area contributed by atoms with Gasteiger partial charge in [-0.3, -0.25) is 0 Å². The Morgan fingerprint density at radius 1 is 1.36 bits per heavy atom. The second kappa shape index (κ2) is 8.27. The van der Waals surface area contributed by atoms with Crippen LogP contribution in [0.4, 0.5) is 0 Å². The Morgan fingerprint density at radius 2 is 2.09 bits per heavy atom. The summed E-state index contributed by atoms with van der Waals surface area (Å²) in [6.45, 7) is 2.19. The molecular formula is C9H11ClZn-. The SMILES string of the molecule is CCCC1=CC=C=C[CH]1.[Cl-].[Zn]. The van der Waals surface area contributed by atoms with Crippen molar-refractivity contribution in [3.8, 4) is 0 Å². The molecule has 1 rings (SSSR count). The van der Waals surface area contributed by atoms with E-state index in [4.69, 9.17) is 0 Å². The van der Waals surface area contributed by atoms with Gasteiger partial charge in [-0.05, 0) is 18.6 Å². The van der Waals surface area contributed by atoms with Crippen molar-refractivity contribution in [2.45, 2.75) is 19.8 Å². The zero-order valence-electron chi connectivity index (χ0n) is 6.81. The number of hydrogen-bond donors (Lipinski definition) is 0. The minimum Gasteiger partial charge on any atom is -1.00 e. The van der Waals surface area contributed by atoms with Gasteiger partial charge < -0.3 is 12.4 Å². The Balaban J connectivity index is 0. The summed E-state index contributed by atoms with van der Waals surface area (Å²) in [4.78, 5) is 0. The molecule has 1 radical (unpaired) electrons. The van der Waals surface area contributed by atoms with Gasteiger partial charge in [-0.15, -0.1) is 5.73 Å². The van der Waals surface area contributed by atoms with Crippen molar-refractivity contribution in [2.75, 3.05) is 0 Å². The molecule has 0 heterocycles. The van der Waals surface area contributed by atoms with Crippen molar-refractivity contribution >= 4 is 0 Å². The van der Waals surface area contributed by atoms with Crippen molar-refractivity contribution in [1.82, 2.24) is 0 Å². The molecule has 0 aromatic carbocycles. The Bertz CT molecular complexity index is 176. The first-order valence-electron chi connectivity index (χ1n) is 3.38. The average Bonchev–Trinajstić information content (AvgIpc) is 1.91. The van der Waals surface area contributed by atoms with Crippen LogP contribution >= 0.6 is 0 Å². The smallest absolute Gasteiger partial charge is 0.0162 e. The number of hydrogen-bond acceptors (Lipinski definition) is 0. The zero-order chi connectivity index (χ0) is 6.53. The van der Waals surface area contributed by atoms with Gasteiger partial charge in [0.1, 0.15) is 0 Å². The largest absolute Gasteiger partial charge is 1.00 e. The van der Waals surface area contributed by atoms with E-state index >= 15 is 0 Å². The average molecular weight is 220 g/mol. The van der Waals surface area contributed by atoms with E-state index in [1.807, 2.05) is 12.2 Å². The van der Waals surface area contributed by atoms with Crippen molar-refractivity contribution < 1.29 is 31.9 Å². The molecule has 0 saturated heterocycles. The molecule has 0 aliphatic heterocycles. The van der Waals surface area contributed by atoms with Crippen molar-refractivity contribution in [3.05, 3.63) is 36.0 Å². The van der Waals surface area contributed by atoms with Crippen LogP contribution in [-0.4, -0.2) is 0 Å². The standard InChI is InChI=1S/C9H11.ClH.Zn/c1-2-6-9-7-4-3-5-8-9;;/h4-5,7-8H,2,6H2,1H3;1H;/p-1. The van der Waals surface area contributed by atoms with Crippen molar-refractivity contribution in [3.63, 3.8) is 0 Å². The number of halogens is 1. The third-order valence-corrected chi connectivity index (χ3v) is 1.33. The Labute approximate surface area is 87.6 Å². The maximum Gasteiger partial charge on any atom is 0.0162 e. The molecule has 0 saturated carbocycles. The summed E-state index contributed by atoms with van der Waals surface area (Å²) in [7, 11) is 0. The molecule has 1 aliphatic rings. The van der Waals surface area contributed by atoms with Crippen LogP contribution in [0.25, 0.3) is 0 Å². The van der Waals surface area contributed by atoms with Crippen LogP contribution in [0.1, 0.15) is 19.8 Å². The molecule has 0 spiro atoms. The van der Waals surface area contributed by atoms with Crippen LogP contribution in [0.15, 0.2) is 29.5 Å². The molecule has 0 fully saturated rings. The third-order valence-electron chi connectivity index (χ3n) is 1.33. The molecule has 0 unspecified atom stereocenters. The summed E-state index contributed by atoms with van der Waals surface area (Å²) in [6, 6.07) is 0. The normalized spacial score (nSPS) is 13.0. The predicted octanol–water partition coefficient (Wildman–Crippen LogP) is -0.356. The monoisotopic (exact) mass is 218 g/mol. The van der Waals surface area contributed by atoms with Gasteiger partial charge in [0.05, 0.1) is 0 Å².